The maximum Gasteiger partial charge on any atom is 0.122 e. The summed E-state index contributed by atoms with van der Waals surface area (Å²) < 4.78 is 11.4. The van der Waals surface area contributed by atoms with Crippen molar-refractivity contribution in [3.8, 4) is 5.75 Å². The van der Waals surface area contributed by atoms with Crippen molar-refractivity contribution in [2.24, 2.45) is 0 Å². The van der Waals surface area contributed by atoms with Crippen LogP contribution >= 0.6 is 0 Å². The van der Waals surface area contributed by atoms with Crippen LogP contribution in [0.3, 0.4) is 0 Å². The molecule has 4 aromatic carbocycles. The third kappa shape index (κ3) is 17.5. The molecule has 0 bridgehead atoms. The van der Waals surface area contributed by atoms with Gasteiger partial charge in [-0.2, -0.15) is 0 Å². The lowest BCUT2D eigenvalue weighted by Gasteiger charge is -2.33. The van der Waals surface area contributed by atoms with Gasteiger partial charge in [-0.3, -0.25) is 19.6 Å². The molecule has 0 aliphatic carbocycles. The molecule has 11 nitrogen and oxygen atoms in total. The molecule has 75 heavy (non-hydrogen) atoms. The van der Waals surface area contributed by atoms with E-state index in [1.807, 2.05) is 0 Å². The summed E-state index contributed by atoms with van der Waals surface area (Å²) in [5.41, 5.74) is 16.6. The fourth-order valence-electron chi connectivity index (χ4n) is 12.5. The summed E-state index contributed by atoms with van der Waals surface area (Å²) >= 11 is 0. The van der Waals surface area contributed by atoms with Gasteiger partial charge in [0.2, 0.25) is 0 Å². The number of rotatable bonds is 13. The minimum atomic E-state index is 0.823. The molecule has 4 saturated heterocycles. The average molecular weight is 1020 g/mol. The first-order chi connectivity index (χ1) is 37.1. The molecule has 8 aliphatic rings. The Morgan fingerprint density at radius 2 is 1.01 bits per heavy atom. The number of nitrogens with one attached hydrogen (secondary N) is 4. The monoisotopic (exact) mass is 1020 g/mol. The second-order valence-corrected chi connectivity index (χ2v) is 22.3. The van der Waals surface area contributed by atoms with Crippen LogP contribution < -0.4 is 26.0 Å². The lowest BCUT2D eigenvalue weighted by atomic mass is 9.93. The van der Waals surface area contributed by atoms with Crippen molar-refractivity contribution >= 4 is 6.08 Å². The van der Waals surface area contributed by atoms with Gasteiger partial charge in [-0.15, -0.1) is 0 Å². The van der Waals surface area contributed by atoms with Crippen molar-refractivity contribution in [2.75, 3.05) is 138 Å². The molecule has 4 fully saturated rings. The molecule has 12 rings (SSSR count). The van der Waals surface area contributed by atoms with E-state index in [4.69, 9.17) is 9.47 Å². The van der Waals surface area contributed by atoms with Crippen molar-refractivity contribution < 1.29 is 9.47 Å². The number of aryl methyl sites for hydroxylation is 1. The summed E-state index contributed by atoms with van der Waals surface area (Å²) in [6, 6.07) is 26.8. The minimum Gasteiger partial charge on any atom is -0.492 e. The van der Waals surface area contributed by atoms with Gasteiger partial charge in [0.05, 0.1) is 13.2 Å². The fraction of sp³-hybridized carbons (Fsp3) is 0.594. The number of likely N-dealkylation sites (N-methyl/N-ethyl adjacent to an activating group) is 1. The van der Waals surface area contributed by atoms with Crippen LogP contribution in [-0.4, -0.2) is 163 Å². The summed E-state index contributed by atoms with van der Waals surface area (Å²) in [6.45, 7) is 27.8. The number of hydrogen-bond donors (Lipinski definition) is 4. The molecule has 0 aromatic heterocycles. The van der Waals surface area contributed by atoms with Gasteiger partial charge in [-0.25, -0.2) is 0 Å². The number of piperidine rings is 2. The quantitative estimate of drug-likeness (QED) is 0.107. The Kier molecular flexibility index (Phi) is 22.9. The average Bonchev–Trinajstić information content (AvgIpc) is 3.47. The predicted molar refractivity (Wildman–Crippen MR) is 311 cm³/mol. The van der Waals surface area contributed by atoms with E-state index in [1.165, 1.54) is 163 Å². The standard InChI is InChI=1S/C17H24N2.2C16H24N2O.C15H23N3/c1-2-11-19(12-3-1)13-5-8-15-6-4-7-16-14-18-10-9-17(15)16;1-3-14(16-6-7-17-13-15(16)4-1)5-2-8-18-9-11-19-12-10-18;1-2-9-18(10-3-1)11-12-19-16-6-4-5-14-13-17-8-7-15(14)16;1-17-7-9-18(10-8-17)12-14-4-2-3-13-11-16-6-5-15(13)14/h4-8,18H,1-3,9-14H2;1,3-4,17H,2,5-13H2;4-6,17H,1-3,7-13H2;2-4,16H,5-12H2,1H3/b8-5+;;;. The zero-order valence-corrected chi connectivity index (χ0v) is 46.3. The highest BCUT2D eigenvalue weighted by atomic mass is 16.5. The van der Waals surface area contributed by atoms with E-state index in [9.17, 15) is 0 Å². The van der Waals surface area contributed by atoms with Gasteiger partial charge in [-0.05, 0) is 197 Å². The van der Waals surface area contributed by atoms with E-state index in [0.29, 0.717) is 0 Å². The number of hydrogen-bond acceptors (Lipinski definition) is 11. The maximum atomic E-state index is 6.04. The largest absolute Gasteiger partial charge is 0.492 e. The van der Waals surface area contributed by atoms with Crippen LogP contribution in [0.25, 0.3) is 6.08 Å². The van der Waals surface area contributed by atoms with E-state index < -0.39 is 0 Å². The van der Waals surface area contributed by atoms with Gasteiger partial charge in [0.1, 0.15) is 12.4 Å². The molecular weight excluding hydrogens is 927 g/mol. The molecule has 11 heteroatoms. The third-order valence-corrected chi connectivity index (χ3v) is 17.0. The van der Waals surface area contributed by atoms with Crippen LogP contribution in [0.5, 0.6) is 5.75 Å². The first-order valence-corrected chi connectivity index (χ1v) is 29.8. The molecule has 0 spiro atoms. The highest BCUT2D eigenvalue weighted by Gasteiger charge is 2.20. The highest BCUT2D eigenvalue weighted by Crippen LogP contribution is 2.26. The Morgan fingerprint density at radius 3 is 1.67 bits per heavy atom. The van der Waals surface area contributed by atoms with Gasteiger partial charge in [-0.1, -0.05) is 91.7 Å². The Morgan fingerprint density at radius 1 is 0.493 bits per heavy atom. The minimum absolute atomic E-state index is 0.823. The first-order valence-electron chi connectivity index (χ1n) is 29.8. The lowest BCUT2D eigenvalue weighted by molar-refractivity contribution is 0.0374. The Bertz CT molecular complexity index is 2250. The van der Waals surface area contributed by atoms with Gasteiger partial charge in [0.25, 0.3) is 0 Å². The molecule has 0 amide bonds. The van der Waals surface area contributed by atoms with Gasteiger partial charge < -0.3 is 35.6 Å². The summed E-state index contributed by atoms with van der Waals surface area (Å²) in [7, 11) is 2.22. The first kappa shape index (κ1) is 55.8. The SMILES string of the molecule is C(=C\c1cccc2c1CCNC2)/CN1CCCCC1.CN1CCN(Cc2cccc3c2CCNC3)CC1.c1cc(CCCN2CCOCC2)c2c(c1)CNCC2.c1cc2c(c(OCCN3CCCCC3)c1)CCNC2. The van der Waals surface area contributed by atoms with Crippen molar-refractivity contribution in [1.82, 2.24) is 45.8 Å². The highest BCUT2D eigenvalue weighted by molar-refractivity contribution is 5.57. The molecule has 4 aromatic rings. The molecule has 0 unspecified atom stereocenters. The molecule has 0 atom stereocenters. The van der Waals surface area contributed by atoms with Crippen molar-refractivity contribution in [3.63, 3.8) is 0 Å². The van der Waals surface area contributed by atoms with E-state index >= 15 is 0 Å². The van der Waals surface area contributed by atoms with Gasteiger partial charge >= 0.3 is 0 Å². The van der Waals surface area contributed by atoms with Gasteiger partial charge in [0.15, 0.2) is 0 Å². The zero-order valence-electron chi connectivity index (χ0n) is 46.3. The third-order valence-electron chi connectivity index (χ3n) is 17.0. The van der Waals surface area contributed by atoms with Crippen LogP contribution in [0.4, 0.5) is 0 Å². The van der Waals surface area contributed by atoms with E-state index in [-0.39, 0.29) is 0 Å². The molecule has 8 heterocycles. The summed E-state index contributed by atoms with van der Waals surface area (Å²) in [6.07, 6.45) is 20.1. The van der Waals surface area contributed by atoms with E-state index in [1.54, 1.807) is 27.8 Å². The van der Waals surface area contributed by atoms with Crippen LogP contribution in [0.1, 0.15) is 106 Å². The number of fused-ring (bicyclic) bond motifs is 4. The lowest BCUT2D eigenvalue weighted by Crippen LogP contribution is -2.44. The number of nitrogens with zero attached hydrogens (tertiary/aromatic N) is 5. The number of ether oxygens (including phenoxy) is 2. The summed E-state index contributed by atoms with van der Waals surface area (Å²) in [4.78, 5) is 12.6. The summed E-state index contributed by atoms with van der Waals surface area (Å²) in [5.74, 6) is 1.11. The molecule has 408 valence electrons. The Labute approximate surface area is 453 Å². The molecule has 4 N–H and O–H groups in total. The van der Waals surface area contributed by atoms with E-state index in [2.05, 4.69) is 138 Å². The van der Waals surface area contributed by atoms with Crippen LogP contribution in [0.2, 0.25) is 0 Å². The number of morpholine rings is 1. The zero-order chi connectivity index (χ0) is 51.1. The smallest absolute Gasteiger partial charge is 0.122 e. The van der Waals surface area contributed by atoms with Crippen molar-refractivity contribution in [1.29, 1.82) is 0 Å². The molecule has 0 radical (unpaired) electrons. The van der Waals surface area contributed by atoms with Crippen molar-refractivity contribution in [2.45, 2.75) is 110 Å². The van der Waals surface area contributed by atoms with Crippen LogP contribution in [0, 0.1) is 0 Å². The van der Waals surface area contributed by atoms with Crippen LogP contribution in [-0.2, 0) is 69.6 Å². The molecule has 8 aliphatic heterocycles. The molecule has 0 saturated carbocycles. The summed E-state index contributed by atoms with van der Waals surface area (Å²) in [5, 5.41) is 13.8. The normalized spacial score (nSPS) is 20.7. The number of likely N-dealkylation sites (tertiary alicyclic amines) is 2. The Balaban J connectivity index is 0.000000122. The topological polar surface area (TPSA) is 82.8 Å². The predicted octanol–water partition coefficient (Wildman–Crippen LogP) is 7.71. The number of piperazine rings is 1. The second-order valence-electron chi connectivity index (χ2n) is 22.3. The second kappa shape index (κ2) is 30.8. The maximum absolute atomic E-state index is 6.04. The van der Waals surface area contributed by atoms with Crippen LogP contribution in [0.15, 0.2) is 78.9 Å². The van der Waals surface area contributed by atoms with E-state index in [0.717, 1.165) is 117 Å². The number of benzene rings is 4. The Hall–Kier alpha value is -3.98. The fourth-order valence-corrected chi connectivity index (χ4v) is 12.5. The van der Waals surface area contributed by atoms with Gasteiger partial charge in [0, 0.05) is 85.1 Å². The van der Waals surface area contributed by atoms with Crippen molar-refractivity contribution in [3.05, 3.63) is 140 Å². The molecular formula is C64H95N9O2.